The van der Waals surface area contributed by atoms with E-state index in [2.05, 4.69) is 25.3 Å². The van der Waals surface area contributed by atoms with Crippen molar-refractivity contribution in [3.05, 3.63) is 18.5 Å². The van der Waals surface area contributed by atoms with Gasteiger partial charge in [-0.3, -0.25) is 4.79 Å². The molecular formula is C18H24N8O3. The van der Waals surface area contributed by atoms with Crippen molar-refractivity contribution < 1.29 is 14.6 Å². The molecule has 29 heavy (non-hydrogen) atoms. The zero-order valence-electron chi connectivity index (χ0n) is 16.2. The monoisotopic (exact) mass is 400 g/mol. The van der Waals surface area contributed by atoms with Gasteiger partial charge in [-0.25, -0.2) is 15.0 Å². The molecule has 0 atom stereocenters. The number of carbonyl (C=O) groups excluding carboxylic acids is 1. The Labute approximate surface area is 167 Å². The summed E-state index contributed by atoms with van der Waals surface area (Å²) in [5.74, 6) is 1.28. The zero-order valence-corrected chi connectivity index (χ0v) is 16.2. The highest BCUT2D eigenvalue weighted by Crippen LogP contribution is 2.28. The molecule has 0 bridgehead atoms. The summed E-state index contributed by atoms with van der Waals surface area (Å²) < 4.78 is 5.42. The van der Waals surface area contributed by atoms with E-state index in [4.69, 9.17) is 10.5 Å². The maximum absolute atomic E-state index is 11.6. The van der Waals surface area contributed by atoms with Gasteiger partial charge in [-0.15, -0.1) is 0 Å². The van der Waals surface area contributed by atoms with Crippen LogP contribution in [-0.4, -0.2) is 87.4 Å². The van der Waals surface area contributed by atoms with Crippen LogP contribution in [0.5, 0.6) is 0 Å². The molecule has 2 aromatic rings. The van der Waals surface area contributed by atoms with Gasteiger partial charge in [0.2, 0.25) is 17.8 Å². The number of carbonyl (C=O) groups is 1. The Morgan fingerprint density at radius 1 is 1.28 bits per heavy atom. The molecule has 0 aliphatic carbocycles. The van der Waals surface area contributed by atoms with Crippen molar-refractivity contribution in [2.45, 2.75) is 12.5 Å². The van der Waals surface area contributed by atoms with Crippen LogP contribution < -0.4 is 16.0 Å². The number of aromatic nitrogens is 4. The molecule has 11 nitrogen and oxygen atoms in total. The molecule has 2 aliphatic rings. The summed E-state index contributed by atoms with van der Waals surface area (Å²) in [4.78, 5) is 32.7. The van der Waals surface area contributed by atoms with E-state index in [1.54, 1.807) is 23.4 Å². The molecular weight excluding hydrogens is 376 g/mol. The molecule has 0 unspecified atom stereocenters. The Hall–Kier alpha value is -3.05. The maximum Gasteiger partial charge on any atom is 0.228 e. The van der Waals surface area contributed by atoms with Gasteiger partial charge < -0.3 is 30.7 Å². The number of ether oxygens (including phenoxy) is 1. The van der Waals surface area contributed by atoms with Gasteiger partial charge in [0.1, 0.15) is 5.82 Å². The first-order valence-corrected chi connectivity index (χ1v) is 9.42. The molecule has 0 spiro atoms. The Bertz CT molecular complexity index is 879. The number of rotatable bonds is 5. The second-order valence-electron chi connectivity index (χ2n) is 7.31. The highest BCUT2D eigenvalue weighted by atomic mass is 16.5. The quantitative estimate of drug-likeness (QED) is 0.593. The first-order valence-electron chi connectivity index (χ1n) is 9.42. The van der Waals surface area contributed by atoms with Crippen LogP contribution in [0.2, 0.25) is 0 Å². The SMILES string of the molecule is CC(=O)N1CC(CO)(Nc2cc(-c3cnc(N)nc3)nc(N3CCOCC3)n2)C1. The second-order valence-corrected chi connectivity index (χ2v) is 7.31. The van der Waals surface area contributed by atoms with Crippen molar-refractivity contribution in [1.29, 1.82) is 0 Å². The summed E-state index contributed by atoms with van der Waals surface area (Å²) in [7, 11) is 0. The van der Waals surface area contributed by atoms with E-state index in [0.29, 0.717) is 62.4 Å². The lowest BCUT2D eigenvalue weighted by Gasteiger charge is -2.49. The Morgan fingerprint density at radius 2 is 1.97 bits per heavy atom. The number of nitrogens with zero attached hydrogens (tertiary/aromatic N) is 6. The zero-order chi connectivity index (χ0) is 20.4. The standard InChI is InChI=1S/C18H24N8O3/c1-12(28)26-9-18(10-26,11-27)24-15-6-14(13-7-20-16(19)21-8-13)22-17(23-15)25-2-4-29-5-3-25/h6-8,27H,2-5,9-11H2,1H3,(H2,19,20,21)(H,22,23,24). The van der Waals surface area contributed by atoms with Crippen LogP contribution in [0.1, 0.15) is 6.92 Å². The van der Waals surface area contributed by atoms with Crippen molar-refractivity contribution in [3.8, 4) is 11.3 Å². The normalized spacial score (nSPS) is 18.3. The molecule has 2 saturated heterocycles. The number of nitrogen functional groups attached to an aromatic ring is 1. The van der Waals surface area contributed by atoms with Crippen LogP contribution in [-0.2, 0) is 9.53 Å². The average Bonchev–Trinajstić information content (AvgIpc) is 2.71. The molecule has 154 valence electrons. The summed E-state index contributed by atoms with van der Waals surface area (Å²) in [5.41, 5.74) is 6.31. The highest BCUT2D eigenvalue weighted by Gasteiger charge is 2.44. The van der Waals surface area contributed by atoms with E-state index in [0.717, 1.165) is 0 Å². The van der Waals surface area contributed by atoms with Crippen molar-refractivity contribution >= 4 is 23.6 Å². The molecule has 4 rings (SSSR count). The van der Waals surface area contributed by atoms with Gasteiger partial charge in [0, 0.05) is 57.1 Å². The van der Waals surface area contributed by atoms with Crippen molar-refractivity contribution in [3.63, 3.8) is 0 Å². The van der Waals surface area contributed by atoms with Crippen molar-refractivity contribution in [2.75, 3.05) is 62.0 Å². The lowest BCUT2D eigenvalue weighted by atomic mass is 9.90. The number of nitrogens with two attached hydrogens (primary N) is 1. The maximum atomic E-state index is 11.6. The summed E-state index contributed by atoms with van der Waals surface area (Å²) in [6, 6.07) is 1.78. The molecule has 0 saturated carbocycles. The fraction of sp³-hybridized carbons (Fsp3) is 0.500. The number of likely N-dealkylation sites (tertiary alicyclic amines) is 1. The molecule has 0 radical (unpaired) electrons. The highest BCUT2D eigenvalue weighted by molar-refractivity contribution is 5.75. The minimum atomic E-state index is -0.628. The minimum absolute atomic E-state index is 0.0210. The van der Waals surface area contributed by atoms with Crippen LogP contribution in [0.3, 0.4) is 0 Å². The number of amides is 1. The predicted molar refractivity (Wildman–Crippen MR) is 106 cm³/mol. The summed E-state index contributed by atoms with van der Waals surface area (Å²) >= 11 is 0. The molecule has 11 heteroatoms. The Balaban J connectivity index is 1.66. The van der Waals surface area contributed by atoms with Crippen molar-refractivity contribution in [2.24, 2.45) is 0 Å². The van der Waals surface area contributed by atoms with Gasteiger partial charge in [-0.1, -0.05) is 0 Å². The lowest BCUT2D eigenvalue weighted by Crippen LogP contribution is -2.69. The molecule has 1 amide bonds. The second kappa shape index (κ2) is 7.76. The largest absolute Gasteiger partial charge is 0.394 e. The molecule has 2 aliphatic heterocycles. The van der Waals surface area contributed by atoms with E-state index in [9.17, 15) is 9.90 Å². The molecule has 2 fully saturated rings. The number of aliphatic hydroxyl groups is 1. The van der Waals surface area contributed by atoms with Gasteiger partial charge in [0.05, 0.1) is 31.1 Å². The van der Waals surface area contributed by atoms with Crippen LogP contribution in [0.25, 0.3) is 11.3 Å². The van der Waals surface area contributed by atoms with Crippen LogP contribution in [0, 0.1) is 0 Å². The number of aliphatic hydroxyl groups excluding tert-OH is 1. The van der Waals surface area contributed by atoms with E-state index < -0.39 is 5.54 Å². The Kier molecular flexibility index (Phi) is 5.16. The third-order valence-corrected chi connectivity index (χ3v) is 5.10. The topological polar surface area (TPSA) is 143 Å². The van der Waals surface area contributed by atoms with E-state index in [1.165, 1.54) is 6.92 Å². The van der Waals surface area contributed by atoms with E-state index >= 15 is 0 Å². The summed E-state index contributed by atoms with van der Waals surface area (Å²) in [5, 5.41) is 13.2. The molecule has 2 aromatic heterocycles. The number of nitrogens with one attached hydrogen (secondary N) is 1. The Morgan fingerprint density at radius 3 is 2.59 bits per heavy atom. The van der Waals surface area contributed by atoms with Gasteiger partial charge in [-0.05, 0) is 0 Å². The number of hydrogen-bond acceptors (Lipinski definition) is 10. The summed E-state index contributed by atoms with van der Waals surface area (Å²) in [6.07, 6.45) is 3.22. The van der Waals surface area contributed by atoms with E-state index in [1.807, 2.05) is 4.90 Å². The fourth-order valence-corrected chi connectivity index (χ4v) is 3.42. The van der Waals surface area contributed by atoms with Gasteiger partial charge in [-0.2, -0.15) is 4.98 Å². The minimum Gasteiger partial charge on any atom is -0.394 e. The van der Waals surface area contributed by atoms with Crippen LogP contribution in [0.4, 0.5) is 17.7 Å². The first-order chi connectivity index (χ1) is 14.0. The van der Waals surface area contributed by atoms with E-state index in [-0.39, 0.29) is 18.5 Å². The van der Waals surface area contributed by atoms with Crippen molar-refractivity contribution in [1.82, 2.24) is 24.8 Å². The lowest BCUT2D eigenvalue weighted by molar-refractivity contribution is -0.136. The number of hydrogen-bond donors (Lipinski definition) is 3. The summed E-state index contributed by atoms with van der Waals surface area (Å²) in [6.45, 7) is 4.81. The average molecular weight is 400 g/mol. The number of morpholine rings is 1. The van der Waals surface area contributed by atoms with Gasteiger partial charge in [0.25, 0.3) is 0 Å². The van der Waals surface area contributed by atoms with Crippen LogP contribution in [0.15, 0.2) is 18.5 Å². The first kappa shape index (κ1) is 19.3. The third-order valence-electron chi connectivity index (χ3n) is 5.10. The van der Waals surface area contributed by atoms with Gasteiger partial charge >= 0.3 is 0 Å². The fourth-order valence-electron chi connectivity index (χ4n) is 3.42. The third kappa shape index (κ3) is 4.05. The molecule has 4 heterocycles. The molecule has 4 N–H and O–H groups in total. The predicted octanol–water partition coefficient (Wildman–Crippen LogP) is -0.642. The number of anilines is 3. The molecule has 0 aromatic carbocycles. The van der Waals surface area contributed by atoms with Crippen LogP contribution >= 0.6 is 0 Å². The van der Waals surface area contributed by atoms with Gasteiger partial charge in [0.15, 0.2) is 0 Å². The smallest absolute Gasteiger partial charge is 0.228 e.